The molecule has 4 nitrogen and oxygen atoms in total. The van der Waals surface area contributed by atoms with Crippen LogP contribution in [0.5, 0.6) is 0 Å². The molecule has 0 spiro atoms. The first-order valence-electron chi connectivity index (χ1n) is 9.15. The molecule has 0 bridgehead atoms. The third kappa shape index (κ3) is 4.54. The number of hydrogen-bond donors (Lipinski definition) is 2. The van der Waals surface area contributed by atoms with Crippen molar-refractivity contribution in [2.24, 2.45) is 0 Å². The van der Waals surface area contributed by atoms with Gasteiger partial charge in [-0.2, -0.15) is 0 Å². The summed E-state index contributed by atoms with van der Waals surface area (Å²) in [6.07, 6.45) is 5.61. The van der Waals surface area contributed by atoms with Crippen LogP contribution >= 0.6 is 0 Å². The molecular weight excluding hydrogens is 344 g/mol. The first-order chi connectivity index (χ1) is 12.5. The van der Waals surface area contributed by atoms with Gasteiger partial charge < -0.3 is 5.73 Å². The lowest BCUT2D eigenvalue weighted by Crippen LogP contribution is -2.38. The lowest BCUT2D eigenvalue weighted by Gasteiger charge is -2.25. The van der Waals surface area contributed by atoms with Crippen LogP contribution in [0.3, 0.4) is 0 Å². The highest BCUT2D eigenvalue weighted by Gasteiger charge is 2.23. The first-order valence-corrected chi connectivity index (χ1v) is 10.8. The quantitative estimate of drug-likeness (QED) is 0.749. The van der Waals surface area contributed by atoms with Crippen molar-refractivity contribution in [1.82, 2.24) is 4.72 Å². The molecule has 1 atom stereocenters. The molecule has 0 heterocycles. The van der Waals surface area contributed by atoms with Crippen LogP contribution < -0.4 is 10.5 Å². The van der Waals surface area contributed by atoms with Crippen molar-refractivity contribution in [2.75, 3.05) is 11.5 Å². The van der Waals surface area contributed by atoms with Gasteiger partial charge in [0.15, 0.2) is 0 Å². The summed E-state index contributed by atoms with van der Waals surface area (Å²) in [6.45, 7) is 1.88. The van der Waals surface area contributed by atoms with Gasteiger partial charge >= 0.3 is 0 Å². The fourth-order valence-electron chi connectivity index (χ4n) is 3.44. The maximum Gasteiger partial charge on any atom is 0.212 e. The van der Waals surface area contributed by atoms with Gasteiger partial charge in [-0.3, -0.25) is 0 Å². The Balaban J connectivity index is 1.83. The molecule has 0 saturated carbocycles. The Kier molecular flexibility index (Phi) is 5.79. The largest absolute Gasteiger partial charge is 0.399 e. The maximum absolute atomic E-state index is 12.2. The van der Waals surface area contributed by atoms with Crippen molar-refractivity contribution in [3.63, 3.8) is 0 Å². The molecular formula is C21H26N2O2S. The summed E-state index contributed by atoms with van der Waals surface area (Å²) in [5.41, 5.74) is 10.9. The van der Waals surface area contributed by atoms with E-state index in [-0.39, 0.29) is 11.8 Å². The molecule has 0 amide bonds. The Labute approximate surface area is 156 Å². The number of rotatable bonds is 6. The normalized spacial score (nSPS) is 17.7. The summed E-state index contributed by atoms with van der Waals surface area (Å²) in [7, 11) is -3.23. The summed E-state index contributed by atoms with van der Waals surface area (Å²) in [4.78, 5) is 0. The van der Waals surface area contributed by atoms with Crippen molar-refractivity contribution in [1.29, 1.82) is 0 Å². The predicted molar refractivity (Wildman–Crippen MR) is 109 cm³/mol. The van der Waals surface area contributed by atoms with Gasteiger partial charge in [0.1, 0.15) is 0 Å². The average molecular weight is 371 g/mol. The summed E-state index contributed by atoms with van der Waals surface area (Å²) in [6, 6.07) is 15.9. The molecule has 2 aromatic carbocycles. The number of benzene rings is 2. The Morgan fingerprint density at radius 1 is 1.08 bits per heavy atom. The van der Waals surface area contributed by atoms with Crippen LogP contribution in [0.4, 0.5) is 5.69 Å². The highest BCUT2D eigenvalue weighted by atomic mass is 32.2. The predicted octanol–water partition coefficient (Wildman–Crippen LogP) is 4.20. The molecule has 1 unspecified atom stereocenters. The molecule has 0 aromatic heterocycles. The Morgan fingerprint density at radius 2 is 1.81 bits per heavy atom. The number of hydrogen-bond acceptors (Lipinski definition) is 3. The van der Waals surface area contributed by atoms with E-state index in [1.54, 1.807) is 0 Å². The van der Waals surface area contributed by atoms with Crippen LogP contribution in [0.1, 0.15) is 38.2 Å². The molecule has 0 radical (unpaired) electrons. The lowest BCUT2D eigenvalue weighted by molar-refractivity contribution is 0.553. The van der Waals surface area contributed by atoms with Gasteiger partial charge in [-0.25, -0.2) is 13.1 Å². The third-order valence-corrected chi connectivity index (χ3v) is 6.26. The average Bonchev–Trinajstić information content (AvgIpc) is 2.62. The molecule has 1 aliphatic carbocycles. The number of sulfonamides is 1. The van der Waals surface area contributed by atoms with Crippen molar-refractivity contribution in [3.05, 3.63) is 60.2 Å². The van der Waals surface area contributed by atoms with Gasteiger partial charge in [-0.15, -0.1) is 0 Å². The number of anilines is 1. The van der Waals surface area contributed by atoms with Crippen LogP contribution in [0, 0.1) is 0 Å². The van der Waals surface area contributed by atoms with E-state index < -0.39 is 10.0 Å². The summed E-state index contributed by atoms with van der Waals surface area (Å²) >= 11 is 0. The second-order valence-corrected chi connectivity index (χ2v) is 8.66. The molecule has 2 aromatic rings. The van der Waals surface area contributed by atoms with Gasteiger partial charge in [0.05, 0.1) is 5.75 Å². The summed E-state index contributed by atoms with van der Waals surface area (Å²) in [5.74, 6) is 0.172. The van der Waals surface area contributed by atoms with E-state index in [1.165, 1.54) is 0 Å². The summed E-state index contributed by atoms with van der Waals surface area (Å²) < 4.78 is 27.3. The number of allylic oxidation sites excluding steroid dienone is 1. The monoisotopic (exact) mass is 370 g/mol. The maximum atomic E-state index is 12.2. The fourth-order valence-corrected chi connectivity index (χ4v) is 4.77. The molecule has 0 aliphatic heterocycles. The van der Waals surface area contributed by atoms with Gasteiger partial charge in [0.25, 0.3) is 0 Å². The number of nitrogen functional groups attached to an aromatic ring is 1. The lowest BCUT2D eigenvalue weighted by atomic mass is 9.89. The van der Waals surface area contributed by atoms with Gasteiger partial charge in [0.2, 0.25) is 10.0 Å². The van der Waals surface area contributed by atoms with Crippen LogP contribution in [0.25, 0.3) is 16.7 Å². The molecule has 5 heteroatoms. The minimum atomic E-state index is -3.23. The van der Waals surface area contributed by atoms with Crippen LogP contribution in [-0.4, -0.2) is 20.2 Å². The zero-order valence-corrected chi connectivity index (χ0v) is 15.9. The number of nitrogens with two attached hydrogens (primary N) is 1. The van der Waals surface area contributed by atoms with E-state index in [4.69, 9.17) is 5.73 Å². The van der Waals surface area contributed by atoms with E-state index in [0.29, 0.717) is 6.42 Å². The topological polar surface area (TPSA) is 72.2 Å². The highest BCUT2D eigenvalue weighted by Crippen LogP contribution is 2.30. The molecule has 138 valence electrons. The van der Waals surface area contributed by atoms with Crippen LogP contribution in [0.2, 0.25) is 0 Å². The third-order valence-electron chi connectivity index (χ3n) is 4.67. The van der Waals surface area contributed by atoms with Crippen LogP contribution in [0.15, 0.2) is 54.6 Å². The van der Waals surface area contributed by atoms with E-state index in [1.807, 2.05) is 31.2 Å². The summed E-state index contributed by atoms with van der Waals surface area (Å²) in [5, 5.41) is 0. The molecule has 0 saturated heterocycles. The molecule has 1 aliphatic rings. The van der Waals surface area contributed by atoms with Crippen molar-refractivity contribution in [2.45, 2.75) is 38.6 Å². The fraction of sp³-hybridized carbons (Fsp3) is 0.333. The Hall–Kier alpha value is -2.11. The highest BCUT2D eigenvalue weighted by molar-refractivity contribution is 7.89. The Morgan fingerprint density at radius 3 is 2.50 bits per heavy atom. The molecule has 26 heavy (non-hydrogen) atoms. The second-order valence-electron chi connectivity index (χ2n) is 6.78. The molecule has 3 N–H and O–H groups in total. The van der Waals surface area contributed by atoms with Crippen molar-refractivity contribution < 1.29 is 8.42 Å². The van der Waals surface area contributed by atoms with Gasteiger partial charge in [0, 0.05) is 11.7 Å². The van der Waals surface area contributed by atoms with E-state index in [9.17, 15) is 8.42 Å². The smallest absolute Gasteiger partial charge is 0.212 e. The second kappa shape index (κ2) is 8.06. The van der Waals surface area contributed by atoms with Gasteiger partial charge in [-0.05, 0) is 60.1 Å². The zero-order chi connectivity index (χ0) is 18.6. The van der Waals surface area contributed by atoms with E-state index in [0.717, 1.165) is 47.2 Å². The minimum absolute atomic E-state index is 0.140. The molecule has 0 fully saturated rings. The SMILES string of the molecule is CCCS(=O)(=O)NC1CCCC=C1c1ccc(-c2cccc(N)c2)cc1. The first kappa shape index (κ1) is 18.7. The van der Waals surface area contributed by atoms with Crippen molar-refractivity contribution in [3.8, 4) is 11.1 Å². The zero-order valence-electron chi connectivity index (χ0n) is 15.1. The number of nitrogens with one attached hydrogen (secondary N) is 1. The van der Waals surface area contributed by atoms with Gasteiger partial charge in [-0.1, -0.05) is 49.4 Å². The standard InChI is InChI=1S/C21H26N2O2S/c1-2-14-26(24,25)23-21-9-4-3-8-20(21)17-12-10-16(11-13-17)18-6-5-7-19(22)15-18/h5-8,10-13,15,21,23H,2-4,9,14,22H2,1H3. The Bertz CT molecular complexity index is 886. The van der Waals surface area contributed by atoms with E-state index in [2.05, 4.69) is 35.1 Å². The van der Waals surface area contributed by atoms with E-state index >= 15 is 0 Å². The minimum Gasteiger partial charge on any atom is -0.399 e. The van der Waals surface area contributed by atoms with Crippen LogP contribution in [-0.2, 0) is 10.0 Å². The van der Waals surface area contributed by atoms with Crippen molar-refractivity contribution >= 4 is 21.3 Å². The molecule has 3 rings (SSSR count).